The summed E-state index contributed by atoms with van der Waals surface area (Å²) in [6.07, 6.45) is 5.16. The van der Waals surface area contributed by atoms with Gasteiger partial charge in [-0.25, -0.2) is 24.3 Å². The molecule has 5 heterocycles. The molecule has 11 nitrogen and oxygen atoms in total. The number of hydrogen-bond donors (Lipinski definition) is 2. The Labute approximate surface area is 235 Å². The number of alkyl halides is 1. The Bertz CT molecular complexity index is 1710. The number of aromatic nitrogens is 6. The summed E-state index contributed by atoms with van der Waals surface area (Å²) < 4.78 is 19.8. The minimum atomic E-state index is -0.972. The lowest BCUT2D eigenvalue weighted by Gasteiger charge is -2.32. The van der Waals surface area contributed by atoms with Crippen LogP contribution in [0.5, 0.6) is 5.88 Å². The van der Waals surface area contributed by atoms with Gasteiger partial charge in [-0.2, -0.15) is 10.2 Å². The number of halogens is 1. The molecule has 0 spiro atoms. The van der Waals surface area contributed by atoms with Gasteiger partial charge in [0.15, 0.2) is 11.5 Å². The third-order valence-corrected chi connectivity index (χ3v) is 7.06. The number of nitriles is 1. The van der Waals surface area contributed by atoms with Crippen molar-refractivity contribution in [3.63, 3.8) is 0 Å². The molecule has 0 atom stereocenters. The average molecular weight is 551 g/mol. The number of anilines is 2. The standard InChI is InChI=1S/C29H27FN10O/c30-18-41-26-8-7-23-29(38-26)40(28(36-23)22-2-1-12-34-27(22)32)21-5-3-19(4-6-21)17-39-14-10-20(11-15-39)35-24-9-13-33-25(16-31)37-24/h1-9,12-13,20H,10-11,14-15,17-18H2,(H2,32,34)(H,33,35,37). The van der Waals surface area contributed by atoms with Crippen LogP contribution < -0.4 is 15.8 Å². The lowest BCUT2D eigenvalue weighted by Crippen LogP contribution is -2.38. The fraction of sp³-hybridized carbons (Fsp3) is 0.241. The van der Waals surface area contributed by atoms with Crippen molar-refractivity contribution in [1.82, 2.24) is 34.4 Å². The minimum absolute atomic E-state index is 0.167. The van der Waals surface area contributed by atoms with Crippen LogP contribution in [0.25, 0.3) is 28.2 Å². The van der Waals surface area contributed by atoms with Crippen LogP contribution in [0.2, 0.25) is 0 Å². The van der Waals surface area contributed by atoms with Crippen LogP contribution in [-0.4, -0.2) is 60.4 Å². The molecule has 41 heavy (non-hydrogen) atoms. The van der Waals surface area contributed by atoms with Crippen LogP contribution in [-0.2, 0) is 6.54 Å². The molecule has 3 N–H and O–H groups in total. The number of nitrogen functional groups attached to an aromatic ring is 1. The maximum Gasteiger partial charge on any atom is 0.234 e. The number of nitrogens with zero attached hydrogens (tertiary/aromatic N) is 8. The van der Waals surface area contributed by atoms with Crippen molar-refractivity contribution in [2.45, 2.75) is 25.4 Å². The minimum Gasteiger partial charge on any atom is -0.446 e. The van der Waals surface area contributed by atoms with Crippen LogP contribution in [0.3, 0.4) is 0 Å². The molecule has 0 aliphatic carbocycles. The number of rotatable bonds is 8. The van der Waals surface area contributed by atoms with Gasteiger partial charge in [0.05, 0.1) is 5.56 Å². The summed E-state index contributed by atoms with van der Waals surface area (Å²) in [5, 5.41) is 12.5. The number of ether oxygens (including phenoxy) is 1. The van der Waals surface area contributed by atoms with Crippen molar-refractivity contribution >= 4 is 22.8 Å². The zero-order chi connectivity index (χ0) is 28.2. The van der Waals surface area contributed by atoms with Gasteiger partial charge in [-0.1, -0.05) is 12.1 Å². The van der Waals surface area contributed by atoms with E-state index in [9.17, 15) is 4.39 Å². The Morgan fingerprint density at radius 1 is 1.00 bits per heavy atom. The first-order chi connectivity index (χ1) is 20.1. The van der Waals surface area contributed by atoms with Crippen molar-refractivity contribution in [2.24, 2.45) is 0 Å². The van der Waals surface area contributed by atoms with Crippen molar-refractivity contribution in [2.75, 3.05) is 31.0 Å². The molecule has 206 valence electrons. The smallest absolute Gasteiger partial charge is 0.234 e. The van der Waals surface area contributed by atoms with Crippen LogP contribution in [0.1, 0.15) is 24.2 Å². The van der Waals surface area contributed by atoms with Crippen molar-refractivity contribution < 1.29 is 9.13 Å². The van der Waals surface area contributed by atoms with E-state index in [1.54, 1.807) is 36.7 Å². The molecule has 1 aromatic carbocycles. The molecule has 1 fully saturated rings. The van der Waals surface area contributed by atoms with E-state index in [1.165, 1.54) is 5.56 Å². The Morgan fingerprint density at radius 3 is 2.59 bits per heavy atom. The molecule has 12 heteroatoms. The second-order valence-electron chi connectivity index (χ2n) is 9.69. The third kappa shape index (κ3) is 5.61. The monoisotopic (exact) mass is 550 g/mol. The predicted molar refractivity (Wildman–Crippen MR) is 152 cm³/mol. The number of pyridine rings is 2. The van der Waals surface area contributed by atoms with Crippen molar-refractivity contribution in [1.29, 1.82) is 5.26 Å². The maximum absolute atomic E-state index is 12.9. The van der Waals surface area contributed by atoms with Crippen LogP contribution >= 0.6 is 0 Å². The number of nitrogens with one attached hydrogen (secondary N) is 1. The second-order valence-corrected chi connectivity index (χ2v) is 9.69. The maximum atomic E-state index is 12.9. The lowest BCUT2D eigenvalue weighted by molar-refractivity contribution is 0.185. The molecule has 6 rings (SSSR count). The fourth-order valence-corrected chi connectivity index (χ4v) is 5.05. The van der Waals surface area contributed by atoms with Gasteiger partial charge in [-0.15, -0.1) is 0 Å². The predicted octanol–water partition coefficient (Wildman–Crippen LogP) is 4.11. The Balaban J connectivity index is 1.20. The van der Waals surface area contributed by atoms with Gasteiger partial charge < -0.3 is 15.8 Å². The molecule has 1 aliphatic rings. The first kappa shape index (κ1) is 26.1. The molecule has 4 aromatic heterocycles. The summed E-state index contributed by atoms with van der Waals surface area (Å²) in [4.78, 5) is 24.1. The highest BCUT2D eigenvalue weighted by molar-refractivity contribution is 5.83. The molecule has 1 saturated heterocycles. The molecular weight excluding hydrogens is 523 g/mol. The number of imidazole rings is 1. The summed E-state index contributed by atoms with van der Waals surface area (Å²) in [5.74, 6) is 1.96. The molecule has 0 radical (unpaired) electrons. The number of piperidine rings is 1. The fourth-order valence-electron chi connectivity index (χ4n) is 5.05. The van der Waals surface area contributed by atoms with Gasteiger partial charge in [0.1, 0.15) is 23.2 Å². The molecule has 0 saturated carbocycles. The summed E-state index contributed by atoms with van der Waals surface area (Å²) in [5.41, 5.74) is 10.0. The second kappa shape index (κ2) is 11.5. The zero-order valence-electron chi connectivity index (χ0n) is 22.1. The van der Waals surface area contributed by atoms with E-state index in [0.29, 0.717) is 40.2 Å². The molecule has 1 aliphatic heterocycles. The highest BCUT2D eigenvalue weighted by atomic mass is 19.1. The van der Waals surface area contributed by atoms with Crippen LogP contribution in [0, 0.1) is 11.3 Å². The van der Waals surface area contributed by atoms with E-state index in [1.807, 2.05) is 28.8 Å². The molecule has 0 unspecified atom stereocenters. The highest BCUT2D eigenvalue weighted by Gasteiger charge is 2.21. The first-order valence-electron chi connectivity index (χ1n) is 13.2. The van der Waals surface area contributed by atoms with Gasteiger partial charge in [0, 0.05) is 49.8 Å². The number of hydrogen-bond acceptors (Lipinski definition) is 10. The quantitative estimate of drug-likeness (QED) is 0.290. The zero-order valence-corrected chi connectivity index (χ0v) is 22.1. The Kier molecular flexibility index (Phi) is 7.34. The van der Waals surface area contributed by atoms with Crippen LogP contribution in [0.4, 0.5) is 16.0 Å². The molecule has 5 aromatic rings. The van der Waals surface area contributed by atoms with E-state index in [0.717, 1.165) is 38.2 Å². The van der Waals surface area contributed by atoms with E-state index < -0.39 is 6.86 Å². The topological polar surface area (TPSA) is 144 Å². The molecule has 0 bridgehead atoms. The van der Waals surface area contributed by atoms with E-state index in [2.05, 4.69) is 42.3 Å². The number of nitrogens with two attached hydrogens (primary N) is 1. The summed E-state index contributed by atoms with van der Waals surface area (Å²) in [6, 6.07) is 19.3. The lowest BCUT2D eigenvalue weighted by atomic mass is 10.0. The SMILES string of the molecule is N#Cc1nccc(NC2CCN(Cc3ccc(-n4c(-c5cccnc5N)nc5ccc(OCF)nc54)cc3)CC2)n1. The van der Waals surface area contributed by atoms with Gasteiger partial charge in [-0.05, 0) is 54.8 Å². The molecule has 0 amide bonds. The highest BCUT2D eigenvalue weighted by Crippen LogP contribution is 2.31. The Morgan fingerprint density at radius 2 is 1.83 bits per heavy atom. The third-order valence-electron chi connectivity index (χ3n) is 7.06. The van der Waals surface area contributed by atoms with Crippen molar-refractivity contribution in [3.05, 3.63) is 78.4 Å². The summed E-state index contributed by atoms with van der Waals surface area (Å²) in [6.45, 7) is 1.72. The number of likely N-dealkylation sites (tertiary alicyclic amines) is 1. The van der Waals surface area contributed by atoms with Gasteiger partial charge in [-0.3, -0.25) is 9.47 Å². The Hall–Kier alpha value is -5.15. The van der Waals surface area contributed by atoms with Gasteiger partial charge in [0.25, 0.3) is 0 Å². The van der Waals surface area contributed by atoms with Crippen molar-refractivity contribution in [3.8, 4) is 29.0 Å². The largest absolute Gasteiger partial charge is 0.446 e. The van der Waals surface area contributed by atoms with E-state index in [-0.39, 0.29) is 11.7 Å². The van der Waals surface area contributed by atoms with E-state index >= 15 is 0 Å². The summed E-state index contributed by atoms with van der Waals surface area (Å²) in [7, 11) is 0. The normalized spacial score (nSPS) is 14.1. The van der Waals surface area contributed by atoms with Crippen LogP contribution in [0.15, 0.2) is 67.0 Å². The number of fused-ring (bicyclic) bond motifs is 1. The number of benzene rings is 1. The summed E-state index contributed by atoms with van der Waals surface area (Å²) >= 11 is 0. The van der Waals surface area contributed by atoms with E-state index in [4.69, 9.17) is 20.7 Å². The molecular formula is C29H27FN10O. The van der Waals surface area contributed by atoms with Gasteiger partial charge >= 0.3 is 0 Å². The first-order valence-corrected chi connectivity index (χ1v) is 13.2. The van der Waals surface area contributed by atoms with Gasteiger partial charge in [0.2, 0.25) is 18.6 Å². The average Bonchev–Trinajstić information content (AvgIpc) is 3.37.